The summed E-state index contributed by atoms with van der Waals surface area (Å²) in [6.45, 7) is 2.76. The van der Waals surface area contributed by atoms with Crippen molar-refractivity contribution >= 4 is 11.6 Å². The van der Waals surface area contributed by atoms with Crippen LogP contribution in [0.4, 0.5) is 4.39 Å². The first-order valence-corrected chi connectivity index (χ1v) is 6.80. The lowest BCUT2D eigenvalue weighted by Gasteiger charge is -2.17. The summed E-state index contributed by atoms with van der Waals surface area (Å²) < 4.78 is 13.3. The monoisotopic (exact) mass is 277 g/mol. The van der Waals surface area contributed by atoms with Crippen LogP contribution in [0, 0.1) is 5.82 Å². The molecule has 0 aliphatic carbocycles. The van der Waals surface area contributed by atoms with Crippen molar-refractivity contribution in [3.8, 4) is 0 Å². The Hall–Kier alpha value is -1.38. The Morgan fingerprint density at radius 1 is 1.16 bits per heavy atom. The summed E-state index contributed by atoms with van der Waals surface area (Å²) in [5.41, 5.74) is 2.15. The van der Waals surface area contributed by atoms with E-state index in [4.69, 9.17) is 11.6 Å². The normalized spacial score (nSPS) is 12.4. The van der Waals surface area contributed by atoms with Crippen LogP contribution in [0.2, 0.25) is 5.02 Å². The number of hydrogen-bond donors (Lipinski definition) is 1. The van der Waals surface area contributed by atoms with Crippen LogP contribution in [0.5, 0.6) is 0 Å². The molecule has 1 unspecified atom stereocenters. The molecule has 1 nitrogen and oxygen atoms in total. The van der Waals surface area contributed by atoms with E-state index in [1.165, 1.54) is 11.6 Å². The van der Waals surface area contributed by atoms with Gasteiger partial charge in [0.05, 0.1) is 5.02 Å². The third-order valence-electron chi connectivity index (χ3n) is 3.15. The van der Waals surface area contributed by atoms with Crippen molar-refractivity contribution in [2.45, 2.75) is 25.9 Å². The molecule has 0 bridgehead atoms. The first-order chi connectivity index (χ1) is 9.20. The van der Waals surface area contributed by atoms with E-state index < -0.39 is 0 Å². The molecule has 1 atom stereocenters. The number of halogens is 2. The van der Waals surface area contributed by atoms with Crippen LogP contribution in [0.25, 0.3) is 0 Å². The second-order valence-corrected chi connectivity index (χ2v) is 4.91. The Morgan fingerprint density at radius 2 is 1.89 bits per heavy atom. The highest BCUT2D eigenvalue weighted by Gasteiger charge is 2.08. The molecule has 2 rings (SSSR count). The molecule has 3 heteroatoms. The molecule has 0 amide bonds. The number of hydrogen-bond acceptors (Lipinski definition) is 1. The second-order valence-electron chi connectivity index (χ2n) is 4.50. The molecule has 0 radical (unpaired) electrons. The molecular weight excluding hydrogens is 261 g/mol. The molecule has 0 heterocycles. The van der Waals surface area contributed by atoms with E-state index in [1.54, 1.807) is 6.07 Å². The molecule has 19 heavy (non-hydrogen) atoms. The number of nitrogens with one attached hydrogen (secondary N) is 1. The van der Waals surface area contributed by atoms with Crippen molar-refractivity contribution in [2.24, 2.45) is 0 Å². The Labute approximate surface area is 118 Å². The Kier molecular flexibility index (Phi) is 4.94. The molecule has 1 N–H and O–H groups in total. The predicted molar refractivity (Wildman–Crippen MR) is 77.7 cm³/mol. The maximum absolute atomic E-state index is 13.3. The summed E-state index contributed by atoms with van der Waals surface area (Å²) in [4.78, 5) is 0. The van der Waals surface area contributed by atoms with Gasteiger partial charge >= 0.3 is 0 Å². The van der Waals surface area contributed by atoms with Crippen LogP contribution in [-0.2, 0) is 6.54 Å². The van der Waals surface area contributed by atoms with Crippen molar-refractivity contribution in [1.82, 2.24) is 5.32 Å². The first kappa shape index (κ1) is 14.0. The molecule has 0 spiro atoms. The number of benzene rings is 2. The van der Waals surface area contributed by atoms with Crippen LogP contribution in [-0.4, -0.2) is 0 Å². The van der Waals surface area contributed by atoms with E-state index >= 15 is 0 Å². The Balaban J connectivity index is 2.02. The van der Waals surface area contributed by atoms with E-state index in [0.717, 1.165) is 12.0 Å². The lowest BCUT2D eigenvalue weighted by molar-refractivity contribution is 0.517. The van der Waals surface area contributed by atoms with Crippen LogP contribution in [0.15, 0.2) is 48.5 Å². The SMILES string of the molecule is CCC(NCc1ccc(Cl)c(F)c1)c1ccccc1. The van der Waals surface area contributed by atoms with Gasteiger partial charge in [-0.1, -0.05) is 54.9 Å². The molecule has 0 saturated carbocycles. The molecule has 0 aliphatic rings. The maximum Gasteiger partial charge on any atom is 0.142 e. The zero-order chi connectivity index (χ0) is 13.7. The van der Waals surface area contributed by atoms with Crippen molar-refractivity contribution in [3.63, 3.8) is 0 Å². The standard InChI is InChI=1S/C16H17ClFN/c1-2-16(13-6-4-3-5-7-13)19-11-12-8-9-14(17)15(18)10-12/h3-10,16,19H,2,11H2,1H3. The lowest BCUT2D eigenvalue weighted by atomic mass is 10.0. The van der Waals surface area contributed by atoms with Crippen LogP contribution >= 0.6 is 11.6 Å². The fourth-order valence-electron chi connectivity index (χ4n) is 2.07. The number of rotatable bonds is 5. The van der Waals surface area contributed by atoms with E-state index in [9.17, 15) is 4.39 Å². The van der Waals surface area contributed by atoms with E-state index in [2.05, 4.69) is 24.4 Å². The highest BCUT2D eigenvalue weighted by Crippen LogP contribution is 2.19. The molecule has 0 fully saturated rings. The van der Waals surface area contributed by atoms with Gasteiger partial charge in [0, 0.05) is 12.6 Å². The molecule has 2 aromatic carbocycles. The van der Waals surface area contributed by atoms with Crippen LogP contribution in [0.3, 0.4) is 0 Å². The molecule has 0 aromatic heterocycles. The Morgan fingerprint density at radius 3 is 2.53 bits per heavy atom. The van der Waals surface area contributed by atoms with Crippen LogP contribution < -0.4 is 5.32 Å². The topological polar surface area (TPSA) is 12.0 Å². The van der Waals surface area contributed by atoms with Gasteiger partial charge in [-0.15, -0.1) is 0 Å². The van der Waals surface area contributed by atoms with Crippen LogP contribution in [0.1, 0.15) is 30.5 Å². The summed E-state index contributed by atoms with van der Waals surface area (Å²) in [5, 5.41) is 3.60. The van der Waals surface area contributed by atoms with Gasteiger partial charge in [-0.3, -0.25) is 0 Å². The fourth-order valence-corrected chi connectivity index (χ4v) is 2.19. The van der Waals surface area contributed by atoms with Gasteiger partial charge < -0.3 is 5.32 Å². The van der Waals surface area contributed by atoms with Crippen molar-refractivity contribution in [2.75, 3.05) is 0 Å². The predicted octanol–water partition coefficient (Wildman–Crippen LogP) is 4.72. The van der Waals surface area contributed by atoms with Gasteiger partial charge in [0.15, 0.2) is 0 Å². The zero-order valence-corrected chi connectivity index (χ0v) is 11.6. The smallest absolute Gasteiger partial charge is 0.142 e. The summed E-state index contributed by atoms with van der Waals surface area (Å²) in [6.07, 6.45) is 0.986. The minimum Gasteiger partial charge on any atom is -0.306 e. The minimum absolute atomic E-state index is 0.166. The zero-order valence-electron chi connectivity index (χ0n) is 10.9. The molecule has 100 valence electrons. The van der Waals surface area contributed by atoms with Gasteiger partial charge in [-0.25, -0.2) is 4.39 Å². The summed E-state index contributed by atoms with van der Waals surface area (Å²) >= 11 is 5.67. The van der Waals surface area contributed by atoms with Gasteiger partial charge in [-0.2, -0.15) is 0 Å². The van der Waals surface area contributed by atoms with Gasteiger partial charge in [-0.05, 0) is 29.7 Å². The molecule has 0 aliphatic heterocycles. The maximum atomic E-state index is 13.3. The van der Waals surface area contributed by atoms with Gasteiger partial charge in [0.2, 0.25) is 0 Å². The second kappa shape index (κ2) is 6.69. The van der Waals surface area contributed by atoms with Gasteiger partial charge in [0.25, 0.3) is 0 Å². The molecule has 0 saturated heterocycles. The van der Waals surface area contributed by atoms with Crippen molar-refractivity contribution in [3.05, 3.63) is 70.5 Å². The highest BCUT2D eigenvalue weighted by atomic mass is 35.5. The summed E-state index contributed by atoms with van der Waals surface area (Å²) in [5.74, 6) is -0.367. The average molecular weight is 278 g/mol. The van der Waals surface area contributed by atoms with Crippen molar-refractivity contribution in [1.29, 1.82) is 0 Å². The molecular formula is C16H17ClFN. The third-order valence-corrected chi connectivity index (χ3v) is 3.45. The first-order valence-electron chi connectivity index (χ1n) is 6.43. The van der Waals surface area contributed by atoms with Gasteiger partial charge in [0.1, 0.15) is 5.82 Å². The largest absolute Gasteiger partial charge is 0.306 e. The van der Waals surface area contributed by atoms with E-state index in [0.29, 0.717) is 6.54 Å². The van der Waals surface area contributed by atoms with Crippen molar-refractivity contribution < 1.29 is 4.39 Å². The average Bonchev–Trinajstić information content (AvgIpc) is 2.44. The summed E-state index contributed by atoms with van der Waals surface area (Å²) in [6, 6.07) is 15.5. The lowest BCUT2D eigenvalue weighted by Crippen LogP contribution is -2.20. The fraction of sp³-hybridized carbons (Fsp3) is 0.250. The highest BCUT2D eigenvalue weighted by molar-refractivity contribution is 6.30. The van der Waals surface area contributed by atoms with E-state index in [-0.39, 0.29) is 16.9 Å². The Bertz CT molecular complexity index is 528. The minimum atomic E-state index is -0.367. The van der Waals surface area contributed by atoms with E-state index in [1.807, 2.05) is 24.3 Å². The molecule has 2 aromatic rings. The third kappa shape index (κ3) is 3.79. The quantitative estimate of drug-likeness (QED) is 0.834. The summed E-state index contributed by atoms with van der Waals surface area (Å²) in [7, 11) is 0.